The van der Waals surface area contributed by atoms with E-state index in [1.54, 1.807) is 24.2 Å². The van der Waals surface area contributed by atoms with Crippen molar-refractivity contribution in [3.63, 3.8) is 0 Å². The van der Waals surface area contributed by atoms with Crippen molar-refractivity contribution in [2.24, 2.45) is 16.7 Å². The Morgan fingerprint density at radius 3 is 2.46 bits per heavy atom. The molecule has 0 radical (unpaired) electrons. The third-order valence-corrected chi connectivity index (χ3v) is 8.51. The minimum atomic E-state index is -4.97. The molecule has 0 aromatic carbocycles. The first-order valence-corrected chi connectivity index (χ1v) is 13.1. The molecule has 3 atom stereocenters. The smallest absolute Gasteiger partial charge is 0.340 e. The molecule has 3 amide bonds. The first kappa shape index (κ1) is 29.9. The zero-order valence-electron chi connectivity index (χ0n) is 22.1. The maximum absolute atomic E-state index is 12.7. The quantitative estimate of drug-likeness (QED) is 0.410. The standard InChI is InChI=1S/C15H23F3N2O2.C12H7N3OS/c1-9-7-20(8-13(9,2)3)11(21)10(14(4)5-6-14)19-12(22)15(16,17)18;1-2-8-6-17-11-5-14-4-9(12(8)11)10(3-13)15-7-16/h9-10H,5-8H2,1-4H3,(H,19,22);1,4-7,10H,(H,15,16)/t9-,10?;/m0./s1. The molecule has 1 aliphatic heterocycles. The van der Waals surface area contributed by atoms with Gasteiger partial charge in [-0.1, -0.05) is 33.6 Å². The number of alkyl halides is 3. The average Bonchev–Trinajstić information content (AvgIpc) is 3.36. The minimum Gasteiger partial charge on any atom is -0.340 e. The number of nitrogens with zero attached hydrogens (tertiary/aromatic N) is 3. The van der Waals surface area contributed by atoms with Gasteiger partial charge in [-0.15, -0.1) is 17.8 Å². The Balaban J connectivity index is 0.000000223. The summed E-state index contributed by atoms with van der Waals surface area (Å²) < 4.78 is 38.4. The molecule has 2 aromatic heterocycles. The van der Waals surface area contributed by atoms with E-state index in [4.69, 9.17) is 11.7 Å². The molecule has 2 N–H and O–H groups in total. The molecule has 208 valence electrons. The largest absolute Gasteiger partial charge is 0.471 e. The maximum Gasteiger partial charge on any atom is 0.471 e. The van der Waals surface area contributed by atoms with E-state index < -0.39 is 35.5 Å². The van der Waals surface area contributed by atoms with Crippen LogP contribution in [0.3, 0.4) is 0 Å². The van der Waals surface area contributed by atoms with Gasteiger partial charge in [0.05, 0.1) is 10.8 Å². The van der Waals surface area contributed by atoms with Gasteiger partial charge in [-0.25, -0.2) is 0 Å². The molecule has 0 bridgehead atoms. The zero-order chi connectivity index (χ0) is 29.2. The number of fused-ring (bicyclic) bond motifs is 1. The molecule has 12 heteroatoms. The number of aromatic nitrogens is 1. The van der Waals surface area contributed by atoms with E-state index >= 15 is 0 Å². The van der Waals surface area contributed by atoms with E-state index in [2.05, 4.69) is 16.2 Å². The number of terminal acetylenes is 1. The van der Waals surface area contributed by atoms with Crippen LogP contribution in [-0.4, -0.2) is 53.4 Å². The van der Waals surface area contributed by atoms with E-state index in [0.29, 0.717) is 37.9 Å². The Labute approximate surface area is 228 Å². The summed E-state index contributed by atoms with van der Waals surface area (Å²) in [6, 6.07) is 0.180. The van der Waals surface area contributed by atoms with Crippen LogP contribution < -0.4 is 10.6 Å². The summed E-state index contributed by atoms with van der Waals surface area (Å²) in [5.74, 6) is 0.405. The van der Waals surface area contributed by atoms with Crippen LogP contribution in [0.4, 0.5) is 13.2 Å². The van der Waals surface area contributed by atoms with E-state index in [-0.39, 0.29) is 11.3 Å². The van der Waals surface area contributed by atoms with Gasteiger partial charge in [0.25, 0.3) is 0 Å². The average molecular weight is 562 g/mol. The van der Waals surface area contributed by atoms with E-state index in [0.717, 1.165) is 15.6 Å². The lowest BCUT2D eigenvalue weighted by atomic mass is 9.84. The highest BCUT2D eigenvalue weighted by Crippen LogP contribution is 2.49. The van der Waals surface area contributed by atoms with Crippen LogP contribution in [0, 0.1) is 40.4 Å². The Hall–Kier alpha value is -3.64. The number of carbonyl (C=O) groups excluding carboxylic acids is 3. The number of likely N-dealkylation sites (tertiary alicyclic amines) is 1. The van der Waals surface area contributed by atoms with Crippen LogP contribution in [0.1, 0.15) is 57.7 Å². The fraction of sp³-hybridized carbons (Fsp3) is 0.519. The summed E-state index contributed by atoms with van der Waals surface area (Å²) in [5.41, 5.74) is 0.716. The van der Waals surface area contributed by atoms with Crippen molar-refractivity contribution in [1.29, 1.82) is 5.26 Å². The lowest BCUT2D eigenvalue weighted by Crippen LogP contribution is -2.55. The molecular weight excluding hydrogens is 531 g/mol. The molecule has 3 heterocycles. The molecule has 1 aliphatic carbocycles. The Bertz CT molecular complexity index is 1340. The van der Waals surface area contributed by atoms with Crippen molar-refractivity contribution in [1.82, 2.24) is 20.5 Å². The molecule has 2 aromatic rings. The van der Waals surface area contributed by atoms with Crippen LogP contribution >= 0.6 is 11.3 Å². The number of pyridine rings is 1. The summed E-state index contributed by atoms with van der Waals surface area (Å²) in [6.07, 6.45) is 5.48. The van der Waals surface area contributed by atoms with Crippen molar-refractivity contribution >= 4 is 39.6 Å². The van der Waals surface area contributed by atoms with Crippen LogP contribution in [0.2, 0.25) is 0 Å². The van der Waals surface area contributed by atoms with Gasteiger partial charge in [-0.2, -0.15) is 18.4 Å². The number of hydrogen-bond acceptors (Lipinski definition) is 6. The van der Waals surface area contributed by atoms with Crippen LogP contribution in [0.25, 0.3) is 10.1 Å². The molecule has 8 nitrogen and oxygen atoms in total. The normalized spacial score (nSPS) is 20.4. The molecular formula is C27H30F3N5O3S. The Morgan fingerprint density at radius 2 is 1.97 bits per heavy atom. The predicted molar refractivity (Wildman–Crippen MR) is 140 cm³/mol. The number of halogens is 3. The highest BCUT2D eigenvalue weighted by molar-refractivity contribution is 7.17. The van der Waals surface area contributed by atoms with Crippen molar-refractivity contribution < 1.29 is 27.6 Å². The second-order valence-corrected chi connectivity index (χ2v) is 11.8. The minimum absolute atomic E-state index is 0.0707. The van der Waals surface area contributed by atoms with Crippen molar-refractivity contribution in [2.75, 3.05) is 13.1 Å². The Kier molecular flexibility index (Phi) is 8.61. The molecule has 1 saturated heterocycles. The topological polar surface area (TPSA) is 115 Å². The number of amides is 3. The second-order valence-electron chi connectivity index (χ2n) is 10.9. The molecule has 2 aliphatic rings. The first-order valence-electron chi connectivity index (χ1n) is 12.3. The number of nitrogens with one attached hydrogen (secondary N) is 2. The van der Waals surface area contributed by atoms with E-state index in [1.165, 1.54) is 11.3 Å². The van der Waals surface area contributed by atoms with Gasteiger partial charge in [0.15, 0.2) is 0 Å². The lowest BCUT2D eigenvalue weighted by Gasteiger charge is -2.29. The molecule has 39 heavy (non-hydrogen) atoms. The van der Waals surface area contributed by atoms with Gasteiger partial charge in [-0.3, -0.25) is 19.4 Å². The van der Waals surface area contributed by atoms with Crippen molar-refractivity contribution in [2.45, 2.75) is 58.8 Å². The summed E-state index contributed by atoms with van der Waals surface area (Å²) >= 11 is 1.47. The summed E-state index contributed by atoms with van der Waals surface area (Å²) in [5, 5.41) is 16.0. The second kappa shape index (κ2) is 11.2. The SMILES string of the molecule is C#Cc1csc2cncc(C(C#N)NC=O)c12.C[C@H]1CN(C(=O)C(NC(=O)C(F)(F)F)C2(C)CC2)CC1(C)C. The number of nitriles is 1. The molecule has 1 saturated carbocycles. The van der Waals surface area contributed by atoms with Gasteiger partial charge in [0.1, 0.15) is 12.1 Å². The third kappa shape index (κ3) is 6.51. The lowest BCUT2D eigenvalue weighted by molar-refractivity contribution is -0.175. The predicted octanol–water partition coefficient (Wildman–Crippen LogP) is 3.93. The van der Waals surface area contributed by atoms with Crippen molar-refractivity contribution in [3.8, 4) is 18.4 Å². The summed E-state index contributed by atoms with van der Waals surface area (Å²) in [6.45, 7) is 8.86. The molecule has 0 spiro atoms. The van der Waals surface area contributed by atoms with Gasteiger partial charge < -0.3 is 15.5 Å². The van der Waals surface area contributed by atoms with Crippen LogP contribution in [-0.2, 0) is 14.4 Å². The molecule has 4 rings (SSSR count). The van der Waals surface area contributed by atoms with Gasteiger partial charge >= 0.3 is 12.1 Å². The fourth-order valence-corrected chi connectivity index (χ4v) is 5.38. The third-order valence-electron chi connectivity index (χ3n) is 7.60. The first-order chi connectivity index (χ1) is 18.2. The monoisotopic (exact) mass is 561 g/mol. The Morgan fingerprint density at radius 1 is 1.31 bits per heavy atom. The highest BCUT2D eigenvalue weighted by Gasteiger charge is 2.54. The van der Waals surface area contributed by atoms with Crippen molar-refractivity contribution in [3.05, 3.63) is 28.9 Å². The van der Waals surface area contributed by atoms with Crippen LogP contribution in [0.15, 0.2) is 17.8 Å². The van der Waals surface area contributed by atoms with Gasteiger partial charge in [0, 0.05) is 47.4 Å². The van der Waals surface area contributed by atoms with E-state index in [1.807, 2.05) is 37.5 Å². The zero-order valence-corrected chi connectivity index (χ0v) is 22.9. The highest BCUT2D eigenvalue weighted by atomic mass is 32.1. The van der Waals surface area contributed by atoms with Gasteiger partial charge in [-0.05, 0) is 29.6 Å². The summed E-state index contributed by atoms with van der Waals surface area (Å²) in [4.78, 5) is 40.0. The number of rotatable bonds is 6. The summed E-state index contributed by atoms with van der Waals surface area (Å²) in [7, 11) is 0. The van der Waals surface area contributed by atoms with Crippen LogP contribution in [0.5, 0.6) is 0 Å². The van der Waals surface area contributed by atoms with Gasteiger partial charge in [0.2, 0.25) is 12.3 Å². The number of hydrogen-bond donors (Lipinski definition) is 2. The fourth-order valence-electron chi connectivity index (χ4n) is 4.48. The number of thiophene rings is 1. The van der Waals surface area contributed by atoms with E-state index in [9.17, 15) is 27.6 Å². The molecule has 2 unspecified atom stereocenters. The molecule has 2 fully saturated rings. The maximum atomic E-state index is 12.7. The number of carbonyl (C=O) groups is 3.